The predicted octanol–water partition coefficient (Wildman–Crippen LogP) is 2.97. The third-order valence-corrected chi connectivity index (χ3v) is 3.54. The number of benzene rings is 1. The van der Waals surface area contributed by atoms with E-state index < -0.39 is 0 Å². The van der Waals surface area contributed by atoms with Gasteiger partial charge in [0.15, 0.2) is 0 Å². The van der Waals surface area contributed by atoms with Crippen LogP contribution in [-0.2, 0) is 6.54 Å². The van der Waals surface area contributed by atoms with E-state index in [1.807, 2.05) is 42.6 Å². The molecule has 2 rings (SSSR count). The molecule has 0 radical (unpaired) electrons. The Bertz CT molecular complexity index is 554. The summed E-state index contributed by atoms with van der Waals surface area (Å²) in [4.78, 5) is 6.70. The van der Waals surface area contributed by atoms with Crippen molar-refractivity contribution >= 4 is 5.84 Å². The molecule has 1 heterocycles. The molecule has 1 aromatic carbocycles. The summed E-state index contributed by atoms with van der Waals surface area (Å²) in [6.45, 7) is 3.76. The molecule has 0 saturated carbocycles. The van der Waals surface area contributed by atoms with Crippen molar-refractivity contribution in [2.24, 2.45) is 5.73 Å². The molecule has 0 aliphatic rings. The highest BCUT2D eigenvalue weighted by molar-refractivity contribution is 5.77. The minimum absolute atomic E-state index is 0.107. The smallest absolute Gasteiger partial charge is 0.0924 e. The second-order valence-electron chi connectivity index (χ2n) is 5.04. The van der Waals surface area contributed by atoms with Gasteiger partial charge in [0.25, 0.3) is 0 Å². The maximum atomic E-state index is 7.66. The number of aromatic nitrogens is 1. The van der Waals surface area contributed by atoms with Gasteiger partial charge < -0.3 is 5.73 Å². The van der Waals surface area contributed by atoms with Crippen molar-refractivity contribution < 1.29 is 0 Å². The van der Waals surface area contributed by atoms with Crippen molar-refractivity contribution in [2.45, 2.75) is 25.9 Å². The highest BCUT2D eigenvalue weighted by Crippen LogP contribution is 2.25. The Morgan fingerprint density at radius 3 is 2.48 bits per heavy atom. The summed E-state index contributed by atoms with van der Waals surface area (Å²) < 4.78 is 0. The molecule has 2 aromatic rings. The molecule has 1 aromatic heterocycles. The maximum absolute atomic E-state index is 7.66. The van der Waals surface area contributed by atoms with E-state index in [0.717, 1.165) is 18.8 Å². The first kappa shape index (κ1) is 15.2. The first-order valence-electron chi connectivity index (χ1n) is 7.22. The average molecular weight is 282 g/mol. The highest BCUT2D eigenvalue weighted by atomic mass is 15.2. The van der Waals surface area contributed by atoms with Crippen LogP contribution in [0.1, 0.15) is 30.6 Å². The van der Waals surface area contributed by atoms with Gasteiger partial charge in [0, 0.05) is 25.2 Å². The van der Waals surface area contributed by atoms with Gasteiger partial charge in [-0.25, -0.2) is 0 Å². The summed E-state index contributed by atoms with van der Waals surface area (Å²) in [5.74, 6) is 0.211. The van der Waals surface area contributed by atoms with Crippen molar-refractivity contribution in [1.29, 1.82) is 5.41 Å². The molecule has 4 nitrogen and oxygen atoms in total. The molecular formula is C17H22N4. The van der Waals surface area contributed by atoms with Crippen molar-refractivity contribution in [3.8, 4) is 0 Å². The number of nitrogens with zero attached hydrogens (tertiary/aromatic N) is 2. The van der Waals surface area contributed by atoms with Crippen LogP contribution in [0.4, 0.5) is 0 Å². The standard InChI is InChI=1S/C17H22N4/c1-2-21(13-15-10-6-7-11-20-15)16(12-17(18)19)14-8-4-3-5-9-14/h3-11,16H,2,12-13H2,1H3,(H3,18,19). The maximum Gasteiger partial charge on any atom is 0.0924 e. The van der Waals surface area contributed by atoms with Crippen molar-refractivity contribution in [3.05, 3.63) is 66.0 Å². The molecule has 0 aliphatic carbocycles. The lowest BCUT2D eigenvalue weighted by Crippen LogP contribution is -2.31. The Hall–Kier alpha value is -2.20. The number of rotatable bonds is 7. The minimum atomic E-state index is 0.107. The number of nitrogens with two attached hydrogens (primary N) is 1. The zero-order valence-corrected chi connectivity index (χ0v) is 12.4. The van der Waals surface area contributed by atoms with E-state index >= 15 is 0 Å². The van der Waals surface area contributed by atoms with Crippen LogP contribution in [0.5, 0.6) is 0 Å². The number of pyridine rings is 1. The second-order valence-corrected chi connectivity index (χ2v) is 5.04. The van der Waals surface area contributed by atoms with Gasteiger partial charge in [-0.05, 0) is 24.2 Å². The summed E-state index contributed by atoms with van der Waals surface area (Å²) in [5.41, 5.74) is 7.87. The number of hydrogen-bond acceptors (Lipinski definition) is 3. The van der Waals surface area contributed by atoms with E-state index in [2.05, 4.69) is 28.9 Å². The van der Waals surface area contributed by atoms with Crippen LogP contribution < -0.4 is 5.73 Å². The largest absolute Gasteiger partial charge is 0.388 e. The summed E-state index contributed by atoms with van der Waals surface area (Å²) in [6, 6.07) is 16.3. The number of amidine groups is 1. The zero-order valence-electron chi connectivity index (χ0n) is 12.4. The first-order chi connectivity index (χ1) is 10.2. The Labute approximate surface area is 126 Å². The van der Waals surface area contributed by atoms with Crippen LogP contribution in [0.3, 0.4) is 0 Å². The number of nitrogens with one attached hydrogen (secondary N) is 1. The van der Waals surface area contributed by atoms with E-state index in [0.29, 0.717) is 6.42 Å². The highest BCUT2D eigenvalue weighted by Gasteiger charge is 2.20. The fourth-order valence-electron chi connectivity index (χ4n) is 2.48. The van der Waals surface area contributed by atoms with E-state index in [4.69, 9.17) is 11.1 Å². The molecule has 0 saturated heterocycles. The Balaban J connectivity index is 2.23. The molecule has 1 unspecified atom stereocenters. The SMILES string of the molecule is CCN(Cc1ccccn1)C(CC(=N)N)c1ccccc1. The fourth-order valence-corrected chi connectivity index (χ4v) is 2.48. The predicted molar refractivity (Wildman–Crippen MR) is 86.0 cm³/mol. The molecule has 4 heteroatoms. The molecule has 21 heavy (non-hydrogen) atoms. The summed E-state index contributed by atoms with van der Waals surface area (Å²) >= 11 is 0. The average Bonchev–Trinajstić information content (AvgIpc) is 2.52. The lowest BCUT2D eigenvalue weighted by Gasteiger charge is -2.30. The third-order valence-electron chi connectivity index (χ3n) is 3.54. The topological polar surface area (TPSA) is 66.0 Å². The third kappa shape index (κ3) is 4.39. The van der Waals surface area contributed by atoms with Gasteiger partial charge in [0.1, 0.15) is 0 Å². The molecule has 0 spiro atoms. The van der Waals surface area contributed by atoms with Gasteiger partial charge >= 0.3 is 0 Å². The van der Waals surface area contributed by atoms with Crippen LogP contribution in [0.25, 0.3) is 0 Å². The van der Waals surface area contributed by atoms with Crippen LogP contribution in [0.15, 0.2) is 54.7 Å². The van der Waals surface area contributed by atoms with E-state index in [1.54, 1.807) is 0 Å². The van der Waals surface area contributed by atoms with Gasteiger partial charge in [0.2, 0.25) is 0 Å². The van der Waals surface area contributed by atoms with Crippen molar-refractivity contribution in [3.63, 3.8) is 0 Å². The van der Waals surface area contributed by atoms with E-state index in [1.165, 1.54) is 5.56 Å². The van der Waals surface area contributed by atoms with Crippen LogP contribution in [0.2, 0.25) is 0 Å². The second kappa shape index (κ2) is 7.55. The van der Waals surface area contributed by atoms with Crippen molar-refractivity contribution in [1.82, 2.24) is 9.88 Å². The molecule has 0 aliphatic heterocycles. The Morgan fingerprint density at radius 2 is 1.90 bits per heavy atom. The molecule has 0 bridgehead atoms. The zero-order chi connectivity index (χ0) is 15.1. The monoisotopic (exact) mass is 282 g/mol. The fraction of sp³-hybridized carbons (Fsp3) is 0.294. The summed E-state index contributed by atoms with van der Waals surface area (Å²) in [6.07, 6.45) is 2.34. The molecule has 110 valence electrons. The van der Waals surface area contributed by atoms with Crippen LogP contribution in [0, 0.1) is 5.41 Å². The van der Waals surface area contributed by atoms with Gasteiger partial charge in [-0.1, -0.05) is 43.3 Å². The quantitative estimate of drug-likeness (QED) is 0.606. The molecule has 0 amide bonds. The van der Waals surface area contributed by atoms with Crippen molar-refractivity contribution in [2.75, 3.05) is 6.54 Å². The van der Waals surface area contributed by atoms with Gasteiger partial charge in [0.05, 0.1) is 11.5 Å². The summed E-state index contributed by atoms with van der Waals surface area (Å²) in [5, 5.41) is 7.66. The van der Waals surface area contributed by atoms with E-state index in [-0.39, 0.29) is 11.9 Å². The first-order valence-corrected chi connectivity index (χ1v) is 7.22. The molecular weight excluding hydrogens is 260 g/mol. The van der Waals surface area contributed by atoms with E-state index in [9.17, 15) is 0 Å². The number of hydrogen-bond donors (Lipinski definition) is 2. The normalized spacial score (nSPS) is 12.3. The van der Waals surface area contributed by atoms with Gasteiger partial charge in [-0.3, -0.25) is 15.3 Å². The summed E-state index contributed by atoms with van der Waals surface area (Å²) in [7, 11) is 0. The van der Waals surface area contributed by atoms with Gasteiger partial charge in [-0.2, -0.15) is 0 Å². The molecule has 1 atom stereocenters. The molecule has 3 N–H and O–H groups in total. The lowest BCUT2D eigenvalue weighted by atomic mass is 10.0. The molecule has 0 fully saturated rings. The van der Waals surface area contributed by atoms with Crippen LogP contribution in [-0.4, -0.2) is 22.3 Å². The van der Waals surface area contributed by atoms with Gasteiger partial charge in [-0.15, -0.1) is 0 Å². The van der Waals surface area contributed by atoms with Crippen LogP contribution >= 0.6 is 0 Å². The lowest BCUT2D eigenvalue weighted by molar-refractivity contribution is 0.200. The Kier molecular flexibility index (Phi) is 5.46. The minimum Gasteiger partial charge on any atom is -0.388 e. The Morgan fingerprint density at radius 1 is 1.19 bits per heavy atom.